The standard InChI is InChI=1S/C6H9NO4S/c1-6(4(8)5(7)9)11-2-3-12(6)10/h2-3H2,1H3,(H2,7,9)/t6-,12?/m0/s1. The van der Waals surface area contributed by atoms with Crippen LogP contribution in [-0.2, 0) is 25.1 Å². The number of ketones is 1. The van der Waals surface area contributed by atoms with Crippen LogP contribution in [-0.4, -0.2) is 33.2 Å². The first kappa shape index (κ1) is 9.34. The van der Waals surface area contributed by atoms with Crippen molar-refractivity contribution in [3.05, 3.63) is 0 Å². The Morgan fingerprint density at radius 3 is 2.50 bits per heavy atom. The van der Waals surface area contributed by atoms with Gasteiger partial charge in [0, 0.05) is 0 Å². The zero-order chi connectivity index (χ0) is 9.35. The van der Waals surface area contributed by atoms with Crippen LogP contribution < -0.4 is 5.73 Å². The number of primary amides is 1. The molecule has 1 aliphatic rings. The van der Waals surface area contributed by atoms with Crippen molar-refractivity contribution in [2.75, 3.05) is 12.4 Å². The van der Waals surface area contributed by atoms with Gasteiger partial charge in [-0.15, -0.1) is 0 Å². The Labute approximate surface area is 71.7 Å². The number of ether oxygens (including phenoxy) is 1. The lowest BCUT2D eigenvalue weighted by Crippen LogP contribution is -2.45. The molecule has 12 heavy (non-hydrogen) atoms. The second-order valence-corrected chi connectivity index (χ2v) is 4.42. The average molecular weight is 191 g/mol. The van der Waals surface area contributed by atoms with Gasteiger partial charge in [0.15, 0.2) is 0 Å². The van der Waals surface area contributed by atoms with Crippen LogP contribution in [0.4, 0.5) is 0 Å². The second-order valence-electron chi connectivity index (χ2n) is 2.54. The van der Waals surface area contributed by atoms with Gasteiger partial charge in [0.2, 0.25) is 4.93 Å². The molecule has 0 aromatic heterocycles. The Morgan fingerprint density at radius 1 is 1.58 bits per heavy atom. The molecule has 5 nitrogen and oxygen atoms in total. The summed E-state index contributed by atoms with van der Waals surface area (Å²) in [5.41, 5.74) is 4.76. The number of carbonyl (C=O) groups is 2. The van der Waals surface area contributed by atoms with E-state index >= 15 is 0 Å². The monoisotopic (exact) mass is 191 g/mol. The Balaban J connectivity index is 2.92. The van der Waals surface area contributed by atoms with E-state index in [2.05, 4.69) is 0 Å². The Kier molecular flexibility index (Phi) is 2.29. The van der Waals surface area contributed by atoms with E-state index in [0.717, 1.165) is 0 Å². The fourth-order valence-corrected chi connectivity index (χ4v) is 2.11. The molecule has 0 saturated carbocycles. The molecular weight excluding hydrogens is 182 g/mol. The molecule has 1 rings (SSSR count). The quantitative estimate of drug-likeness (QED) is 0.540. The van der Waals surface area contributed by atoms with Gasteiger partial charge in [-0.05, 0) is 6.92 Å². The van der Waals surface area contributed by atoms with Crippen LogP contribution in [0.1, 0.15) is 6.92 Å². The molecule has 1 heterocycles. The zero-order valence-corrected chi connectivity index (χ0v) is 7.35. The molecule has 0 bridgehead atoms. The summed E-state index contributed by atoms with van der Waals surface area (Å²) in [4.78, 5) is 20.1. The van der Waals surface area contributed by atoms with E-state index in [9.17, 15) is 13.8 Å². The van der Waals surface area contributed by atoms with Gasteiger partial charge in [-0.2, -0.15) is 0 Å². The van der Waals surface area contributed by atoms with Crippen molar-refractivity contribution in [2.24, 2.45) is 5.73 Å². The van der Waals surface area contributed by atoms with Crippen LogP contribution in [0.5, 0.6) is 0 Å². The van der Waals surface area contributed by atoms with E-state index in [0.29, 0.717) is 0 Å². The number of hydrogen-bond donors (Lipinski definition) is 1. The lowest BCUT2D eigenvalue weighted by atomic mass is 10.2. The van der Waals surface area contributed by atoms with Crippen LogP contribution in [0.15, 0.2) is 0 Å². The fraction of sp³-hybridized carbons (Fsp3) is 0.667. The Hall–Kier alpha value is -0.750. The van der Waals surface area contributed by atoms with E-state index in [-0.39, 0.29) is 12.4 Å². The number of rotatable bonds is 2. The molecule has 0 aromatic rings. The van der Waals surface area contributed by atoms with Crippen molar-refractivity contribution >= 4 is 22.5 Å². The maximum absolute atomic E-state index is 11.2. The average Bonchev–Trinajstić information content (AvgIpc) is 2.32. The molecular formula is C6H9NO4S. The first-order valence-corrected chi connectivity index (χ1v) is 4.67. The highest BCUT2D eigenvalue weighted by atomic mass is 32.2. The molecule has 0 aromatic carbocycles. The topological polar surface area (TPSA) is 86.5 Å². The van der Waals surface area contributed by atoms with Crippen LogP contribution in [0.3, 0.4) is 0 Å². The van der Waals surface area contributed by atoms with Gasteiger partial charge in [-0.3, -0.25) is 13.8 Å². The summed E-state index contributed by atoms with van der Waals surface area (Å²) in [6.45, 7) is 1.55. The summed E-state index contributed by atoms with van der Waals surface area (Å²) in [7, 11) is -1.45. The third-order valence-electron chi connectivity index (χ3n) is 1.72. The van der Waals surface area contributed by atoms with Gasteiger partial charge in [-0.25, -0.2) is 0 Å². The van der Waals surface area contributed by atoms with Crippen molar-refractivity contribution in [1.29, 1.82) is 0 Å². The summed E-state index contributed by atoms with van der Waals surface area (Å²) in [5, 5.41) is 0. The number of amides is 1. The van der Waals surface area contributed by atoms with Gasteiger partial charge in [0.25, 0.3) is 11.7 Å². The van der Waals surface area contributed by atoms with Gasteiger partial charge in [-0.1, -0.05) is 0 Å². The summed E-state index contributed by atoms with van der Waals surface area (Å²) in [5.74, 6) is -1.75. The minimum atomic E-state index is -1.51. The van der Waals surface area contributed by atoms with Crippen molar-refractivity contribution in [1.82, 2.24) is 0 Å². The zero-order valence-electron chi connectivity index (χ0n) is 6.53. The molecule has 1 saturated heterocycles. The number of carbonyl (C=O) groups excluding carboxylic acids is 2. The van der Waals surface area contributed by atoms with E-state index in [1.165, 1.54) is 6.92 Å². The highest BCUT2D eigenvalue weighted by molar-refractivity contribution is 7.87. The molecule has 2 atom stereocenters. The van der Waals surface area contributed by atoms with E-state index < -0.39 is 27.4 Å². The maximum Gasteiger partial charge on any atom is 0.288 e. The molecule has 0 radical (unpaired) electrons. The normalized spacial score (nSPS) is 34.9. The molecule has 6 heteroatoms. The van der Waals surface area contributed by atoms with Crippen LogP contribution in [0, 0.1) is 0 Å². The second kappa shape index (κ2) is 2.95. The minimum Gasteiger partial charge on any atom is -0.363 e. The molecule has 0 aliphatic carbocycles. The van der Waals surface area contributed by atoms with Crippen molar-refractivity contribution in [2.45, 2.75) is 11.9 Å². The summed E-state index contributed by atoms with van der Waals surface area (Å²) < 4.78 is 16.1. The first-order valence-electron chi connectivity index (χ1n) is 3.35. The lowest BCUT2D eigenvalue weighted by Gasteiger charge is -2.17. The third-order valence-corrected chi connectivity index (χ3v) is 3.43. The molecule has 1 aliphatic heterocycles. The number of hydrogen-bond acceptors (Lipinski definition) is 4. The van der Waals surface area contributed by atoms with Gasteiger partial charge >= 0.3 is 0 Å². The largest absolute Gasteiger partial charge is 0.363 e. The van der Waals surface area contributed by atoms with Crippen LogP contribution in [0.25, 0.3) is 0 Å². The number of nitrogens with two attached hydrogens (primary N) is 1. The van der Waals surface area contributed by atoms with Crippen LogP contribution in [0.2, 0.25) is 0 Å². The molecule has 1 fully saturated rings. The SMILES string of the molecule is C[C@]1(C(=O)C(N)=O)OCCS1=O. The molecule has 1 unspecified atom stereocenters. The summed E-state index contributed by atoms with van der Waals surface area (Å²) in [6.07, 6.45) is 0. The predicted octanol–water partition coefficient (Wildman–Crippen LogP) is -1.46. The van der Waals surface area contributed by atoms with Gasteiger partial charge in [0.05, 0.1) is 23.2 Å². The van der Waals surface area contributed by atoms with Crippen molar-refractivity contribution in [3.63, 3.8) is 0 Å². The van der Waals surface area contributed by atoms with E-state index in [1.54, 1.807) is 0 Å². The van der Waals surface area contributed by atoms with Crippen molar-refractivity contribution < 1.29 is 18.5 Å². The molecule has 2 N–H and O–H groups in total. The highest BCUT2D eigenvalue weighted by Crippen LogP contribution is 2.23. The maximum atomic E-state index is 11.2. The smallest absolute Gasteiger partial charge is 0.288 e. The number of Topliss-reactive ketones (excluding diaryl/α,β-unsaturated/α-hetero) is 1. The molecule has 0 spiro atoms. The first-order chi connectivity index (χ1) is 5.48. The fourth-order valence-electron chi connectivity index (χ4n) is 0.965. The third kappa shape index (κ3) is 1.27. The Bertz CT molecular complexity index is 264. The summed E-state index contributed by atoms with van der Waals surface area (Å²) >= 11 is 0. The van der Waals surface area contributed by atoms with Gasteiger partial charge < -0.3 is 10.5 Å². The van der Waals surface area contributed by atoms with Crippen LogP contribution >= 0.6 is 0 Å². The van der Waals surface area contributed by atoms with Crippen molar-refractivity contribution in [3.8, 4) is 0 Å². The van der Waals surface area contributed by atoms with E-state index in [4.69, 9.17) is 10.5 Å². The molecule has 1 amide bonds. The lowest BCUT2D eigenvalue weighted by molar-refractivity contribution is -0.143. The Morgan fingerprint density at radius 2 is 2.17 bits per heavy atom. The van der Waals surface area contributed by atoms with E-state index in [1.807, 2.05) is 0 Å². The minimum absolute atomic E-state index is 0.224. The summed E-state index contributed by atoms with van der Waals surface area (Å²) in [6, 6.07) is 0. The molecule has 68 valence electrons. The highest BCUT2D eigenvalue weighted by Gasteiger charge is 2.47. The van der Waals surface area contributed by atoms with Gasteiger partial charge in [0.1, 0.15) is 0 Å². The predicted molar refractivity (Wildman–Crippen MR) is 41.6 cm³/mol.